The molecule has 3 nitrogen and oxygen atoms in total. The van der Waals surface area contributed by atoms with E-state index in [4.69, 9.17) is 16.3 Å². The molecule has 0 radical (unpaired) electrons. The summed E-state index contributed by atoms with van der Waals surface area (Å²) < 4.78 is 5.43. The number of hydrogen-bond acceptors (Lipinski definition) is 4. The fourth-order valence-corrected chi connectivity index (χ4v) is 2.34. The van der Waals surface area contributed by atoms with Gasteiger partial charge in [0.15, 0.2) is 6.10 Å². The molecular weight excluding hydrogens is 224 g/mol. The molecule has 0 spiro atoms. The third-order valence-electron chi connectivity index (χ3n) is 1.99. The van der Waals surface area contributed by atoms with Crippen LogP contribution in [0.3, 0.4) is 0 Å². The second-order valence-electron chi connectivity index (χ2n) is 2.99. The zero-order valence-corrected chi connectivity index (χ0v) is 8.73. The number of ether oxygens (including phenoxy) is 1. The van der Waals surface area contributed by atoms with E-state index in [1.807, 2.05) is 0 Å². The van der Waals surface area contributed by atoms with Crippen LogP contribution >= 0.6 is 22.9 Å². The average Bonchev–Trinajstić information content (AvgIpc) is 2.73. The number of halogens is 1. The first kappa shape index (κ1) is 9.68. The molecule has 14 heavy (non-hydrogen) atoms. The summed E-state index contributed by atoms with van der Waals surface area (Å²) in [6, 6.07) is 3.32. The highest BCUT2D eigenvalue weighted by atomic mass is 35.5. The van der Waals surface area contributed by atoms with Gasteiger partial charge in [-0.1, -0.05) is 11.6 Å². The number of esters is 1. The van der Waals surface area contributed by atoms with Crippen LogP contribution in [0, 0.1) is 0 Å². The SMILES string of the molecule is O=C1CCC(C(=O)c2ccc(Cl)s2)O1. The van der Waals surface area contributed by atoms with Crippen molar-refractivity contribution in [3.8, 4) is 0 Å². The molecule has 1 fully saturated rings. The summed E-state index contributed by atoms with van der Waals surface area (Å²) in [5.41, 5.74) is 0. The van der Waals surface area contributed by atoms with Crippen molar-refractivity contribution in [3.05, 3.63) is 21.3 Å². The molecule has 1 unspecified atom stereocenters. The summed E-state index contributed by atoms with van der Waals surface area (Å²) in [5, 5.41) is 0. The Kier molecular flexibility index (Phi) is 2.56. The van der Waals surface area contributed by atoms with Gasteiger partial charge in [0.05, 0.1) is 9.21 Å². The van der Waals surface area contributed by atoms with Crippen LogP contribution < -0.4 is 0 Å². The Labute approximate surface area is 89.6 Å². The number of carbonyl (C=O) groups is 2. The van der Waals surface area contributed by atoms with Gasteiger partial charge in [-0.25, -0.2) is 0 Å². The Hall–Kier alpha value is -0.870. The molecule has 74 valence electrons. The highest BCUT2D eigenvalue weighted by Gasteiger charge is 2.31. The molecule has 0 aromatic carbocycles. The topological polar surface area (TPSA) is 43.4 Å². The maximum absolute atomic E-state index is 11.7. The summed E-state index contributed by atoms with van der Waals surface area (Å²) >= 11 is 6.91. The molecule has 1 aromatic heterocycles. The van der Waals surface area contributed by atoms with Crippen molar-refractivity contribution in [3.63, 3.8) is 0 Å². The lowest BCUT2D eigenvalue weighted by atomic mass is 10.1. The maximum atomic E-state index is 11.7. The van der Waals surface area contributed by atoms with E-state index >= 15 is 0 Å². The van der Waals surface area contributed by atoms with Crippen molar-refractivity contribution < 1.29 is 14.3 Å². The van der Waals surface area contributed by atoms with Crippen LogP contribution in [0.5, 0.6) is 0 Å². The number of cyclic esters (lactones) is 1. The Morgan fingerprint density at radius 1 is 1.57 bits per heavy atom. The maximum Gasteiger partial charge on any atom is 0.306 e. The van der Waals surface area contributed by atoms with E-state index in [9.17, 15) is 9.59 Å². The van der Waals surface area contributed by atoms with E-state index in [0.29, 0.717) is 22.1 Å². The van der Waals surface area contributed by atoms with Crippen molar-refractivity contribution in [1.29, 1.82) is 0 Å². The van der Waals surface area contributed by atoms with Crippen molar-refractivity contribution >= 4 is 34.7 Å². The van der Waals surface area contributed by atoms with E-state index in [-0.39, 0.29) is 11.8 Å². The van der Waals surface area contributed by atoms with E-state index in [1.54, 1.807) is 12.1 Å². The lowest BCUT2D eigenvalue weighted by molar-refractivity contribution is -0.140. The largest absolute Gasteiger partial charge is 0.454 e. The first-order valence-corrected chi connectivity index (χ1v) is 5.35. The molecule has 1 aliphatic heterocycles. The predicted molar refractivity (Wildman–Crippen MR) is 52.8 cm³/mol. The van der Waals surface area contributed by atoms with E-state index in [1.165, 1.54) is 11.3 Å². The molecule has 0 saturated carbocycles. The number of Topliss-reactive ketones (excluding diaryl/α,β-unsaturated/α-hetero) is 1. The van der Waals surface area contributed by atoms with Gasteiger partial charge in [0.2, 0.25) is 5.78 Å². The van der Waals surface area contributed by atoms with Crippen LogP contribution in [0.1, 0.15) is 22.5 Å². The molecule has 1 atom stereocenters. The van der Waals surface area contributed by atoms with Gasteiger partial charge in [-0.15, -0.1) is 11.3 Å². The van der Waals surface area contributed by atoms with Crippen LogP contribution in [0.15, 0.2) is 12.1 Å². The smallest absolute Gasteiger partial charge is 0.306 e. The van der Waals surface area contributed by atoms with Crippen molar-refractivity contribution in [2.75, 3.05) is 0 Å². The van der Waals surface area contributed by atoms with Crippen LogP contribution in [-0.4, -0.2) is 17.9 Å². The minimum Gasteiger partial charge on any atom is -0.454 e. The van der Waals surface area contributed by atoms with E-state index in [0.717, 1.165) is 0 Å². The van der Waals surface area contributed by atoms with Crippen LogP contribution in [0.25, 0.3) is 0 Å². The summed E-state index contributed by atoms with van der Waals surface area (Å²) in [4.78, 5) is 23.0. The van der Waals surface area contributed by atoms with Gasteiger partial charge in [0, 0.05) is 12.8 Å². The minimum atomic E-state index is -0.600. The summed E-state index contributed by atoms with van der Waals surface area (Å²) in [6.45, 7) is 0. The van der Waals surface area contributed by atoms with Crippen molar-refractivity contribution in [2.45, 2.75) is 18.9 Å². The Morgan fingerprint density at radius 3 is 2.86 bits per heavy atom. The number of thiophene rings is 1. The average molecular weight is 231 g/mol. The van der Waals surface area contributed by atoms with E-state index in [2.05, 4.69) is 0 Å². The fourth-order valence-electron chi connectivity index (χ4n) is 1.32. The summed E-state index contributed by atoms with van der Waals surface area (Å²) in [5.74, 6) is -0.446. The van der Waals surface area contributed by atoms with Crippen LogP contribution in [-0.2, 0) is 9.53 Å². The second-order valence-corrected chi connectivity index (χ2v) is 4.70. The molecule has 0 bridgehead atoms. The molecule has 1 aromatic rings. The molecule has 5 heteroatoms. The lowest BCUT2D eigenvalue weighted by Gasteiger charge is -2.04. The van der Waals surface area contributed by atoms with Gasteiger partial charge in [0.1, 0.15) is 0 Å². The zero-order valence-electron chi connectivity index (χ0n) is 7.16. The molecule has 2 rings (SSSR count). The molecular formula is C9H7ClO3S. The quantitative estimate of drug-likeness (QED) is 0.578. The first-order valence-electron chi connectivity index (χ1n) is 4.16. The van der Waals surface area contributed by atoms with Crippen molar-refractivity contribution in [2.24, 2.45) is 0 Å². The Balaban J connectivity index is 2.12. The van der Waals surface area contributed by atoms with Gasteiger partial charge in [-0.3, -0.25) is 9.59 Å². The zero-order chi connectivity index (χ0) is 10.1. The third kappa shape index (κ3) is 1.81. The first-order chi connectivity index (χ1) is 6.66. The normalized spacial score (nSPS) is 20.9. The third-order valence-corrected chi connectivity index (χ3v) is 3.24. The van der Waals surface area contributed by atoms with Gasteiger partial charge in [-0.2, -0.15) is 0 Å². The van der Waals surface area contributed by atoms with E-state index < -0.39 is 6.10 Å². The van der Waals surface area contributed by atoms with Crippen molar-refractivity contribution in [1.82, 2.24) is 0 Å². The fraction of sp³-hybridized carbons (Fsp3) is 0.333. The molecule has 0 aliphatic carbocycles. The Bertz CT molecular complexity index is 385. The number of hydrogen-bond donors (Lipinski definition) is 0. The predicted octanol–water partition coefficient (Wildman–Crippen LogP) is 2.29. The molecule has 0 amide bonds. The standard InChI is InChI=1S/C9H7ClO3S/c10-7-3-2-6(14-7)9(12)5-1-4-8(11)13-5/h2-3,5H,1,4H2. The van der Waals surface area contributed by atoms with Crippen LogP contribution in [0.4, 0.5) is 0 Å². The Morgan fingerprint density at radius 2 is 2.36 bits per heavy atom. The molecule has 1 saturated heterocycles. The van der Waals surface area contributed by atoms with Gasteiger partial charge < -0.3 is 4.74 Å². The molecule has 1 aliphatic rings. The monoisotopic (exact) mass is 230 g/mol. The lowest BCUT2D eigenvalue weighted by Crippen LogP contribution is -2.19. The number of rotatable bonds is 2. The molecule has 2 heterocycles. The number of ketones is 1. The summed E-state index contributed by atoms with van der Waals surface area (Å²) in [6.07, 6.45) is 0.208. The van der Waals surface area contributed by atoms with Gasteiger partial charge in [0.25, 0.3) is 0 Å². The summed E-state index contributed by atoms with van der Waals surface area (Å²) in [7, 11) is 0. The molecule has 0 N–H and O–H groups in total. The number of carbonyl (C=O) groups excluding carboxylic acids is 2. The highest BCUT2D eigenvalue weighted by molar-refractivity contribution is 7.18. The second kappa shape index (κ2) is 3.71. The van der Waals surface area contributed by atoms with Gasteiger partial charge in [-0.05, 0) is 12.1 Å². The van der Waals surface area contributed by atoms with Crippen LogP contribution in [0.2, 0.25) is 4.34 Å². The minimum absolute atomic E-state index is 0.146. The van der Waals surface area contributed by atoms with Gasteiger partial charge >= 0.3 is 5.97 Å². The highest BCUT2D eigenvalue weighted by Crippen LogP contribution is 2.26.